The molecule has 0 aromatic heterocycles. The molecule has 86 valence electrons. The van der Waals surface area contributed by atoms with Crippen molar-refractivity contribution in [1.29, 1.82) is 0 Å². The second kappa shape index (κ2) is 3.43. The Kier molecular flexibility index (Phi) is 2.48. The van der Waals surface area contributed by atoms with Gasteiger partial charge in [0.25, 0.3) is 0 Å². The van der Waals surface area contributed by atoms with Gasteiger partial charge in [-0.3, -0.25) is 4.55 Å². The normalized spacial score (nSPS) is 35.1. The van der Waals surface area contributed by atoms with Crippen LogP contribution in [0, 0.1) is 5.92 Å². The third kappa shape index (κ3) is 2.14. The fourth-order valence-electron chi connectivity index (χ4n) is 2.57. The van der Waals surface area contributed by atoms with Crippen LogP contribution in [0.1, 0.15) is 19.3 Å². The molecule has 0 atom stereocenters. The maximum absolute atomic E-state index is 11.7. The maximum atomic E-state index is 11.7. The van der Waals surface area contributed by atoms with Crippen LogP contribution in [0.3, 0.4) is 0 Å². The molecule has 0 unspecified atom stereocenters. The predicted molar refractivity (Wildman–Crippen MR) is 52.3 cm³/mol. The van der Waals surface area contributed by atoms with Gasteiger partial charge in [-0.2, -0.15) is 13.1 Å². The van der Waals surface area contributed by atoms with E-state index >= 15 is 0 Å². The summed E-state index contributed by atoms with van der Waals surface area (Å²) in [5.74, 6) is 0.698. The molecule has 0 aliphatic carbocycles. The first kappa shape index (κ1) is 10.8. The van der Waals surface area contributed by atoms with Gasteiger partial charge in [-0.15, -0.1) is 0 Å². The van der Waals surface area contributed by atoms with E-state index in [2.05, 4.69) is 0 Å². The van der Waals surface area contributed by atoms with E-state index in [1.165, 1.54) is 0 Å². The second-order valence-electron chi connectivity index (χ2n) is 4.43. The van der Waals surface area contributed by atoms with Crippen molar-refractivity contribution in [2.75, 3.05) is 19.6 Å². The Balaban J connectivity index is 2.11. The summed E-state index contributed by atoms with van der Waals surface area (Å²) in [4.78, 5) is 11.7. The Hall–Kier alpha value is -0.660. The zero-order valence-electron chi connectivity index (χ0n) is 8.35. The highest BCUT2D eigenvalue weighted by Crippen LogP contribution is 2.33. The van der Waals surface area contributed by atoms with Crippen molar-refractivity contribution >= 4 is 16.3 Å². The molecule has 0 spiro atoms. The zero-order chi connectivity index (χ0) is 11.1. The Labute approximate surface area is 88.7 Å². The summed E-state index contributed by atoms with van der Waals surface area (Å²) in [6.45, 7) is 2.06. The summed E-state index contributed by atoms with van der Waals surface area (Å²) in [5.41, 5.74) is 0. The largest absolute Gasteiger partial charge is 0.431 e. The van der Waals surface area contributed by atoms with Crippen LogP contribution < -0.4 is 4.72 Å². The lowest BCUT2D eigenvalue weighted by molar-refractivity contribution is -0.867. The van der Waals surface area contributed by atoms with Crippen LogP contribution in [0.2, 0.25) is 0 Å². The standard InChI is InChI=1S/C8H14N2O4S/c11-8(9-15(12,13)14)10-4-1-7(2-5-10)3-6-10/h7H,1-6H2,(H-,9,11,12,13,14)/p+1. The summed E-state index contributed by atoms with van der Waals surface area (Å²) >= 11 is 0. The van der Waals surface area contributed by atoms with Crippen molar-refractivity contribution in [3.8, 4) is 0 Å². The van der Waals surface area contributed by atoms with E-state index < -0.39 is 16.3 Å². The number of rotatable bonds is 1. The van der Waals surface area contributed by atoms with Crippen molar-refractivity contribution in [2.45, 2.75) is 19.3 Å². The van der Waals surface area contributed by atoms with Crippen molar-refractivity contribution in [3.63, 3.8) is 0 Å². The first-order valence-electron chi connectivity index (χ1n) is 5.07. The number of quaternary nitrogens is 1. The van der Waals surface area contributed by atoms with E-state index in [0.29, 0.717) is 25.6 Å². The monoisotopic (exact) mass is 235 g/mol. The van der Waals surface area contributed by atoms with E-state index in [4.69, 9.17) is 4.55 Å². The van der Waals surface area contributed by atoms with Crippen molar-refractivity contribution in [2.24, 2.45) is 5.92 Å². The molecule has 3 rings (SSSR count). The van der Waals surface area contributed by atoms with Gasteiger partial charge in [0, 0.05) is 19.3 Å². The molecule has 3 heterocycles. The lowest BCUT2D eigenvalue weighted by atomic mass is 9.86. The zero-order valence-corrected chi connectivity index (χ0v) is 9.16. The lowest BCUT2D eigenvalue weighted by Crippen LogP contribution is -2.64. The second-order valence-corrected chi connectivity index (χ2v) is 5.58. The highest BCUT2D eigenvalue weighted by Gasteiger charge is 2.46. The number of fused-ring (bicyclic) bond motifs is 3. The van der Waals surface area contributed by atoms with Gasteiger partial charge in [0.2, 0.25) is 0 Å². The van der Waals surface area contributed by atoms with Crippen molar-refractivity contribution < 1.29 is 22.2 Å². The van der Waals surface area contributed by atoms with Crippen molar-refractivity contribution in [1.82, 2.24) is 4.72 Å². The first-order valence-corrected chi connectivity index (χ1v) is 6.51. The Morgan fingerprint density at radius 3 is 2.07 bits per heavy atom. The van der Waals surface area contributed by atoms with Gasteiger partial charge in [0.15, 0.2) is 0 Å². The smallest absolute Gasteiger partial charge is 0.269 e. The first-order chi connectivity index (χ1) is 6.91. The molecule has 2 N–H and O–H groups in total. The molecular weight excluding hydrogens is 220 g/mol. The highest BCUT2D eigenvalue weighted by molar-refractivity contribution is 7.84. The number of nitrogens with zero attached hydrogens (tertiary/aromatic N) is 1. The number of hydrogen-bond acceptors (Lipinski definition) is 3. The summed E-state index contributed by atoms with van der Waals surface area (Å²) in [5, 5.41) is 0. The van der Waals surface area contributed by atoms with E-state index in [0.717, 1.165) is 19.3 Å². The topological polar surface area (TPSA) is 83.5 Å². The molecule has 3 fully saturated rings. The van der Waals surface area contributed by atoms with Gasteiger partial charge >= 0.3 is 16.3 Å². The minimum Gasteiger partial charge on any atom is -0.269 e. The van der Waals surface area contributed by atoms with Crippen LogP contribution in [0.4, 0.5) is 4.79 Å². The van der Waals surface area contributed by atoms with Crippen LogP contribution in [-0.2, 0) is 10.3 Å². The molecule has 0 aromatic carbocycles. The number of urea groups is 1. The Morgan fingerprint density at radius 2 is 1.67 bits per heavy atom. The Bertz CT molecular complexity index is 356. The third-order valence-corrected chi connectivity index (χ3v) is 3.98. The van der Waals surface area contributed by atoms with Gasteiger partial charge < -0.3 is 0 Å². The van der Waals surface area contributed by atoms with E-state index in [1.54, 1.807) is 4.72 Å². The van der Waals surface area contributed by atoms with E-state index in [1.807, 2.05) is 0 Å². The highest BCUT2D eigenvalue weighted by atomic mass is 32.2. The maximum Gasteiger partial charge on any atom is 0.431 e. The molecule has 0 radical (unpaired) electrons. The summed E-state index contributed by atoms with van der Waals surface area (Å²) in [7, 11) is -4.42. The van der Waals surface area contributed by atoms with Crippen LogP contribution in [0.25, 0.3) is 0 Å². The molecule has 3 saturated heterocycles. The molecule has 2 bridgehead atoms. The quantitative estimate of drug-likeness (QED) is 0.500. The minimum absolute atomic E-state index is 0.163. The molecule has 0 saturated carbocycles. The average Bonchev–Trinajstić information content (AvgIpc) is 2.18. The summed E-state index contributed by atoms with van der Waals surface area (Å²) in [6, 6.07) is -0.587. The van der Waals surface area contributed by atoms with Gasteiger partial charge in [0.05, 0.1) is 19.6 Å². The fourth-order valence-corrected chi connectivity index (χ4v) is 2.98. The predicted octanol–water partition coefficient (Wildman–Crippen LogP) is 0.129. The third-order valence-electron chi connectivity index (χ3n) is 3.54. The lowest BCUT2D eigenvalue weighted by Gasteiger charge is -2.45. The molecule has 2 amide bonds. The van der Waals surface area contributed by atoms with Crippen LogP contribution in [0.5, 0.6) is 0 Å². The van der Waals surface area contributed by atoms with E-state index in [-0.39, 0.29) is 4.48 Å². The molecule has 7 heteroatoms. The number of amides is 2. The van der Waals surface area contributed by atoms with Crippen LogP contribution >= 0.6 is 0 Å². The summed E-state index contributed by atoms with van der Waals surface area (Å²) in [6.07, 6.45) is 2.91. The van der Waals surface area contributed by atoms with Gasteiger partial charge in [-0.05, 0) is 5.92 Å². The number of hydrogen-bond donors (Lipinski definition) is 2. The number of nitrogens with one attached hydrogen (secondary N) is 1. The van der Waals surface area contributed by atoms with Crippen molar-refractivity contribution in [3.05, 3.63) is 0 Å². The molecule has 15 heavy (non-hydrogen) atoms. The molecule has 3 aliphatic heterocycles. The van der Waals surface area contributed by atoms with Crippen LogP contribution in [-0.4, -0.2) is 43.1 Å². The van der Waals surface area contributed by atoms with Gasteiger partial charge in [0.1, 0.15) is 0 Å². The molecular formula is C8H15N2O4S+. The fraction of sp³-hybridized carbons (Fsp3) is 0.875. The molecule has 0 aromatic rings. The molecule has 6 nitrogen and oxygen atoms in total. The van der Waals surface area contributed by atoms with E-state index in [9.17, 15) is 13.2 Å². The number of carbonyl (C=O) groups is 1. The minimum atomic E-state index is -4.42. The van der Waals surface area contributed by atoms with Crippen LogP contribution in [0.15, 0.2) is 0 Å². The number of carbonyl (C=O) groups excluding carboxylic acids is 1. The SMILES string of the molecule is O=C(NS(=O)(=O)O)[N+]12CCC(CC1)CC2. The Morgan fingerprint density at radius 1 is 1.20 bits per heavy atom. The molecule has 3 aliphatic rings. The van der Waals surface area contributed by atoms with Gasteiger partial charge in [-0.25, -0.2) is 9.28 Å². The average molecular weight is 235 g/mol. The number of piperidine rings is 3. The van der Waals surface area contributed by atoms with Gasteiger partial charge in [-0.1, -0.05) is 0 Å². The summed E-state index contributed by atoms with van der Waals surface area (Å²) < 4.78 is 31.5.